The predicted octanol–water partition coefficient (Wildman–Crippen LogP) is 3.15. The summed E-state index contributed by atoms with van der Waals surface area (Å²) in [5.74, 6) is 2.18. The molecule has 114 valence electrons. The average molecular weight is 290 g/mol. The van der Waals surface area contributed by atoms with Crippen molar-refractivity contribution in [2.24, 2.45) is 0 Å². The van der Waals surface area contributed by atoms with E-state index >= 15 is 0 Å². The summed E-state index contributed by atoms with van der Waals surface area (Å²) in [5, 5.41) is 7.19. The molecule has 1 aromatic carbocycles. The highest BCUT2D eigenvalue weighted by Crippen LogP contribution is 2.27. The van der Waals surface area contributed by atoms with Crippen molar-refractivity contribution in [3.8, 4) is 11.5 Å². The zero-order valence-corrected chi connectivity index (χ0v) is 12.6. The Morgan fingerprint density at radius 1 is 1.14 bits per heavy atom. The minimum absolute atomic E-state index is 0.339. The van der Waals surface area contributed by atoms with Gasteiger partial charge in [0.25, 0.3) is 0 Å². The number of aromatic nitrogens is 1. The van der Waals surface area contributed by atoms with Gasteiger partial charge in [0.2, 0.25) is 0 Å². The second-order valence-electron chi connectivity index (χ2n) is 4.65. The van der Waals surface area contributed by atoms with Crippen molar-refractivity contribution in [3.63, 3.8) is 0 Å². The van der Waals surface area contributed by atoms with Crippen molar-refractivity contribution >= 4 is 0 Å². The second-order valence-corrected chi connectivity index (χ2v) is 4.65. The van der Waals surface area contributed by atoms with Gasteiger partial charge in [-0.25, -0.2) is 0 Å². The first-order valence-corrected chi connectivity index (χ1v) is 7.33. The lowest BCUT2D eigenvalue weighted by Crippen LogP contribution is -2.11. The molecule has 21 heavy (non-hydrogen) atoms. The number of para-hydroxylation sites is 2. The van der Waals surface area contributed by atoms with Crippen LogP contribution in [-0.4, -0.2) is 18.3 Å². The van der Waals surface area contributed by atoms with E-state index in [1.807, 2.05) is 30.3 Å². The monoisotopic (exact) mass is 290 g/mol. The maximum absolute atomic E-state index is 5.76. The first-order valence-electron chi connectivity index (χ1n) is 7.33. The number of ether oxygens (including phenoxy) is 2. The van der Waals surface area contributed by atoms with E-state index in [2.05, 4.69) is 24.3 Å². The van der Waals surface area contributed by atoms with Gasteiger partial charge in [-0.1, -0.05) is 31.1 Å². The van der Waals surface area contributed by atoms with E-state index in [9.17, 15) is 0 Å². The average Bonchev–Trinajstić information content (AvgIpc) is 2.97. The molecule has 0 atom stereocenters. The highest BCUT2D eigenvalue weighted by Gasteiger charge is 2.08. The number of nitrogens with zero attached hydrogens (tertiary/aromatic N) is 1. The molecule has 1 N–H and O–H groups in total. The Labute approximate surface area is 125 Å². The third-order valence-electron chi connectivity index (χ3n) is 2.84. The molecule has 0 saturated heterocycles. The molecule has 0 amide bonds. The van der Waals surface area contributed by atoms with Crippen molar-refractivity contribution < 1.29 is 14.0 Å². The van der Waals surface area contributed by atoms with Gasteiger partial charge in [-0.05, 0) is 25.1 Å². The van der Waals surface area contributed by atoms with E-state index in [1.54, 1.807) is 0 Å². The first kappa shape index (κ1) is 15.4. The standard InChI is InChI=1S/C16H22N2O3/c1-3-9-19-15-7-5-6-8-16(15)20-12-14-10-13(18-21-14)11-17-4-2/h5-8,10,17H,3-4,9,11-12H2,1-2H3. The minimum Gasteiger partial charge on any atom is -0.490 e. The Balaban J connectivity index is 1.91. The molecule has 0 radical (unpaired) electrons. The molecule has 0 bridgehead atoms. The van der Waals surface area contributed by atoms with Gasteiger partial charge in [0.05, 0.1) is 12.3 Å². The van der Waals surface area contributed by atoms with Crippen LogP contribution in [0.5, 0.6) is 11.5 Å². The molecule has 1 aromatic heterocycles. The molecule has 0 fully saturated rings. The molecule has 5 nitrogen and oxygen atoms in total. The van der Waals surface area contributed by atoms with E-state index in [0.29, 0.717) is 25.5 Å². The van der Waals surface area contributed by atoms with E-state index in [-0.39, 0.29) is 0 Å². The number of hydrogen-bond donors (Lipinski definition) is 1. The molecule has 2 rings (SSSR count). The summed E-state index contributed by atoms with van der Waals surface area (Å²) in [7, 11) is 0. The van der Waals surface area contributed by atoms with E-state index in [1.165, 1.54) is 0 Å². The van der Waals surface area contributed by atoms with Crippen LogP contribution < -0.4 is 14.8 Å². The Kier molecular flexibility index (Phi) is 6.09. The molecule has 5 heteroatoms. The van der Waals surface area contributed by atoms with Crippen LogP contribution in [0.4, 0.5) is 0 Å². The molecule has 0 aliphatic heterocycles. The van der Waals surface area contributed by atoms with Gasteiger partial charge in [0.15, 0.2) is 17.3 Å². The van der Waals surface area contributed by atoms with Crippen LogP contribution in [-0.2, 0) is 13.2 Å². The van der Waals surface area contributed by atoms with Crippen molar-refractivity contribution in [3.05, 3.63) is 41.8 Å². The van der Waals surface area contributed by atoms with Crippen LogP contribution in [0.25, 0.3) is 0 Å². The fourth-order valence-corrected chi connectivity index (χ4v) is 1.81. The number of nitrogens with one attached hydrogen (secondary N) is 1. The third-order valence-corrected chi connectivity index (χ3v) is 2.84. The fraction of sp³-hybridized carbons (Fsp3) is 0.438. The van der Waals surface area contributed by atoms with Crippen molar-refractivity contribution in [2.75, 3.05) is 13.2 Å². The zero-order chi connectivity index (χ0) is 14.9. The van der Waals surface area contributed by atoms with Crippen molar-refractivity contribution in [1.29, 1.82) is 0 Å². The largest absolute Gasteiger partial charge is 0.490 e. The maximum Gasteiger partial charge on any atom is 0.174 e. The van der Waals surface area contributed by atoms with Gasteiger partial charge in [-0.3, -0.25) is 0 Å². The zero-order valence-electron chi connectivity index (χ0n) is 12.6. The van der Waals surface area contributed by atoms with Crippen LogP contribution in [0, 0.1) is 0 Å². The molecule has 1 heterocycles. The van der Waals surface area contributed by atoms with Crippen LogP contribution in [0.15, 0.2) is 34.9 Å². The summed E-state index contributed by atoms with van der Waals surface area (Å²) in [5.41, 5.74) is 0.881. The first-order chi connectivity index (χ1) is 10.3. The summed E-state index contributed by atoms with van der Waals surface area (Å²) >= 11 is 0. The number of hydrogen-bond acceptors (Lipinski definition) is 5. The lowest BCUT2D eigenvalue weighted by molar-refractivity contribution is 0.230. The van der Waals surface area contributed by atoms with Gasteiger partial charge >= 0.3 is 0 Å². The molecular formula is C16H22N2O3. The second kappa shape index (κ2) is 8.32. The van der Waals surface area contributed by atoms with Crippen LogP contribution in [0.3, 0.4) is 0 Å². The topological polar surface area (TPSA) is 56.5 Å². The van der Waals surface area contributed by atoms with Crippen molar-refractivity contribution in [2.45, 2.75) is 33.4 Å². The summed E-state index contributed by atoms with van der Waals surface area (Å²) in [6, 6.07) is 9.55. The van der Waals surface area contributed by atoms with Gasteiger partial charge in [-0.15, -0.1) is 0 Å². The predicted molar refractivity (Wildman–Crippen MR) is 80.4 cm³/mol. The lowest BCUT2D eigenvalue weighted by atomic mass is 10.3. The molecular weight excluding hydrogens is 268 g/mol. The van der Waals surface area contributed by atoms with Crippen molar-refractivity contribution in [1.82, 2.24) is 10.5 Å². The Morgan fingerprint density at radius 3 is 2.62 bits per heavy atom. The minimum atomic E-state index is 0.339. The van der Waals surface area contributed by atoms with Crippen LogP contribution >= 0.6 is 0 Å². The third kappa shape index (κ3) is 4.79. The van der Waals surface area contributed by atoms with Gasteiger partial charge in [0.1, 0.15) is 6.61 Å². The molecule has 0 aliphatic carbocycles. The normalized spacial score (nSPS) is 10.6. The summed E-state index contributed by atoms with van der Waals surface area (Å²) in [4.78, 5) is 0. The van der Waals surface area contributed by atoms with Gasteiger partial charge in [-0.2, -0.15) is 0 Å². The maximum atomic E-state index is 5.76. The molecule has 0 aliphatic rings. The fourth-order valence-electron chi connectivity index (χ4n) is 1.81. The smallest absolute Gasteiger partial charge is 0.174 e. The highest BCUT2D eigenvalue weighted by atomic mass is 16.5. The number of rotatable bonds is 9. The highest BCUT2D eigenvalue weighted by molar-refractivity contribution is 5.39. The SMILES string of the molecule is CCCOc1ccccc1OCc1cc(CNCC)no1. The Hall–Kier alpha value is -2.01. The van der Waals surface area contributed by atoms with E-state index < -0.39 is 0 Å². The lowest BCUT2D eigenvalue weighted by Gasteiger charge is -2.10. The van der Waals surface area contributed by atoms with Gasteiger partial charge in [0, 0.05) is 12.6 Å². The molecule has 0 unspecified atom stereocenters. The Morgan fingerprint density at radius 2 is 1.90 bits per heavy atom. The summed E-state index contributed by atoms with van der Waals surface area (Å²) in [6.45, 7) is 6.75. The summed E-state index contributed by atoms with van der Waals surface area (Å²) < 4.78 is 16.7. The number of benzene rings is 1. The Bertz CT molecular complexity index is 540. The molecule has 0 spiro atoms. The quantitative estimate of drug-likeness (QED) is 0.769. The van der Waals surface area contributed by atoms with Gasteiger partial charge < -0.3 is 19.3 Å². The van der Waals surface area contributed by atoms with Crippen LogP contribution in [0.1, 0.15) is 31.7 Å². The van der Waals surface area contributed by atoms with E-state index in [4.69, 9.17) is 14.0 Å². The van der Waals surface area contributed by atoms with Crippen LogP contribution in [0.2, 0.25) is 0 Å². The summed E-state index contributed by atoms with van der Waals surface area (Å²) in [6.07, 6.45) is 0.963. The molecule has 2 aromatic rings. The van der Waals surface area contributed by atoms with E-state index in [0.717, 1.165) is 30.2 Å². The molecule has 0 saturated carbocycles.